The summed E-state index contributed by atoms with van der Waals surface area (Å²) in [6.07, 6.45) is 2.58. The van der Waals surface area contributed by atoms with Gasteiger partial charge in [0.2, 0.25) is 0 Å². The first-order chi connectivity index (χ1) is 12.0. The van der Waals surface area contributed by atoms with Gasteiger partial charge in [-0.3, -0.25) is 9.89 Å². The van der Waals surface area contributed by atoms with Crippen molar-refractivity contribution in [2.24, 2.45) is 5.92 Å². The maximum atomic E-state index is 13.1. The first kappa shape index (κ1) is 16.1. The van der Waals surface area contributed by atoms with Gasteiger partial charge in [0.05, 0.1) is 17.3 Å². The van der Waals surface area contributed by atoms with E-state index in [0.29, 0.717) is 22.2 Å². The predicted molar refractivity (Wildman–Crippen MR) is 97.6 cm³/mol. The van der Waals surface area contributed by atoms with E-state index in [1.807, 2.05) is 42.2 Å². The molecule has 4 rings (SSSR count). The molecule has 6 heteroatoms. The van der Waals surface area contributed by atoms with Crippen LogP contribution in [0.3, 0.4) is 0 Å². The molecule has 2 aromatic heterocycles. The number of aryl methyl sites for hydroxylation is 1. The Labute approximate surface area is 151 Å². The van der Waals surface area contributed by atoms with Gasteiger partial charge in [-0.2, -0.15) is 5.10 Å². The minimum Gasteiger partial charge on any atom is -0.331 e. The van der Waals surface area contributed by atoms with Crippen molar-refractivity contribution < 1.29 is 4.79 Å². The van der Waals surface area contributed by atoms with Crippen LogP contribution in [0.15, 0.2) is 36.5 Å². The summed E-state index contributed by atoms with van der Waals surface area (Å²) in [5.41, 5.74) is 3.28. The molecule has 1 saturated heterocycles. The molecule has 1 aliphatic heterocycles. The van der Waals surface area contributed by atoms with E-state index >= 15 is 0 Å². The maximum absolute atomic E-state index is 13.1. The van der Waals surface area contributed by atoms with Crippen LogP contribution in [0.1, 0.15) is 41.0 Å². The molecular weight excluding hydrogens is 336 g/mol. The number of aromatic amines is 1. The number of hydrogen-bond acceptors (Lipinski definition) is 3. The lowest BCUT2D eigenvalue weighted by Crippen LogP contribution is -2.31. The second-order valence-electron chi connectivity index (χ2n) is 6.79. The Hall–Kier alpha value is -2.40. The van der Waals surface area contributed by atoms with Gasteiger partial charge in [0.25, 0.3) is 5.91 Å². The van der Waals surface area contributed by atoms with Gasteiger partial charge in [-0.05, 0) is 43.0 Å². The third-order valence-electron chi connectivity index (χ3n) is 4.88. The summed E-state index contributed by atoms with van der Waals surface area (Å²) >= 11 is 6.00. The molecule has 1 amide bonds. The number of carbonyl (C=O) groups excluding carboxylic acids is 1. The minimum atomic E-state index is 0.0132. The van der Waals surface area contributed by atoms with Crippen molar-refractivity contribution in [2.45, 2.75) is 26.3 Å². The first-order valence-electron chi connectivity index (χ1n) is 8.40. The van der Waals surface area contributed by atoms with E-state index in [-0.39, 0.29) is 11.9 Å². The van der Waals surface area contributed by atoms with Crippen molar-refractivity contribution in [1.82, 2.24) is 20.1 Å². The molecule has 1 aromatic carbocycles. The minimum absolute atomic E-state index is 0.0132. The molecule has 128 valence electrons. The van der Waals surface area contributed by atoms with Crippen molar-refractivity contribution in [3.05, 3.63) is 58.4 Å². The van der Waals surface area contributed by atoms with Gasteiger partial charge in [0.1, 0.15) is 0 Å². The fourth-order valence-electron chi connectivity index (χ4n) is 3.58. The van der Waals surface area contributed by atoms with E-state index < -0.39 is 0 Å². The molecule has 0 saturated carbocycles. The second-order valence-corrected chi connectivity index (χ2v) is 7.23. The number of benzene rings is 1. The van der Waals surface area contributed by atoms with Crippen LogP contribution in [-0.2, 0) is 0 Å². The van der Waals surface area contributed by atoms with Crippen LogP contribution in [-0.4, -0.2) is 32.5 Å². The molecule has 2 atom stereocenters. The van der Waals surface area contributed by atoms with Crippen molar-refractivity contribution in [3.63, 3.8) is 0 Å². The topological polar surface area (TPSA) is 61.9 Å². The van der Waals surface area contributed by atoms with Gasteiger partial charge >= 0.3 is 0 Å². The van der Waals surface area contributed by atoms with Gasteiger partial charge in [-0.15, -0.1) is 0 Å². The molecule has 0 spiro atoms. The Balaban J connectivity index is 1.68. The zero-order valence-electron chi connectivity index (χ0n) is 14.2. The monoisotopic (exact) mass is 354 g/mol. The molecule has 0 aliphatic carbocycles. The average Bonchev–Trinajstić information content (AvgIpc) is 3.18. The number of aromatic nitrogens is 3. The number of hydrogen-bond donors (Lipinski definition) is 1. The first-order valence-corrected chi connectivity index (χ1v) is 8.78. The SMILES string of the molecule is Cc1n[nH]c2ncc(C(=O)N3C[C@@H](C)CC3c3ccc(Cl)cc3)cc12. The van der Waals surface area contributed by atoms with Crippen molar-refractivity contribution in [2.75, 3.05) is 6.54 Å². The van der Waals surface area contributed by atoms with E-state index in [0.717, 1.165) is 29.6 Å². The van der Waals surface area contributed by atoms with E-state index in [1.54, 1.807) is 6.20 Å². The van der Waals surface area contributed by atoms with E-state index in [1.165, 1.54) is 0 Å². The molecule has 3 aromatic rings. The molecule has 0 bridgehead atoms. The molecule has 5 nitrogen and oxygen atoms in total. The second kappa shape index (κ2) is 6.15. The van der Waals surface area contributed by atoms with Gasteiger partial charge in [0, 0.05) is 23.2 Å². The van der Waals surface area contributed by atoms with Crippen LogP contribution in [0.2, 0.25) is 5.02 Å². The van der Waals surface area contributed by atoms with Crippen LogP contribution < -0.4 is 0 Å². The average molecular weight is 355 g/mol. The van der Waals surface area contributed by atoms with Crippen molar-refractivity contribution >= 4 is 28.5 Å². The molecule has 1 fully saturated rings. The third kappa shape index (κ3) is 2.89. The Kier molecular flexibility index (Phi) is 3.96. The molecular formula is C19H19ClN4O. The number of rotatable bonds is 2. The van der Waals surface area contributed by atoms with Crippen molar-refractivity contribution in [1.29, 1.82) is 0 Å². The van der Waals surface area contributed by atoms with Crippen LogP contribution in [0.5, 0.6) is 0 Å². The number of likely N-dealkylation sites (tertiary alicyclic amines) is 1. The molecule has 3 heterocycles. The maximum Gasteiger partial charge on any atom is 0.255 e. The summed E-state index contributed by atoms with van der Waals surface area (Å²) in [5.74, 6) is 0.469. The predicted octanol–water partition coefficient (Wildman–Crippen LogP) is 4.14. The Bertz CT molecular complexity index is 934. The fraction of sp³-hybridized carbons (Fsp3) is 0.316. The fourth-order valence-corrected chi connectivity index (χ4v) is 3.71. The Morgan fingerprint density at radius 3 is 2.84 bits per heavy atom. The highest BCUT2D eigenvalue weighted by atomic mass is 35.5. The standard InChI is InChI=1S/C19H19ClN4O/c1-11-7-17(13-3-5-15(20)6-4-13)24(10-11)19(25)14-8-16-12(2)22-23-18(16)21-9-14/h3-6,8-9,11,17H,7,10H2,1-2H3,(H,21,22,23)/t11-,17?/m0/s1. The van der Waals surface area contributed by atoms with E-state index in [2.05, 4.69) is 22.1 Å². The lowest BCUT2D eigenvalue weighted by Gasteiger charge is -2.25. The van der Waals surface area contributed by atoms with Crippen LogP contribution in [0, 0.1) is 12.8 Å². The number of pyridine rings is 1. The normalized spacial score (nSPS) is 20.4. The zero-order valence-corrected chi connectivity index (χ0v) is 14.9. The summed E-state index contributed by atoms with van der Waals surface area (Å²) in [5, 5.41) is 8.62. The van der Waals surface area contributed by atoms with Crippen LogP contribution >= 0.6 is 11.6 Å². The van der Waals surface area contributed by atoms with Gasteiger partial charge < -0.3 is 4.90 Å². The zero-order chi connectivity index (χ0) is 17.6. The molecule has 0 radical (unpaired) electrons. The van der Waals surface area contributed by atoms with E-state index in [9.17, 15) is 4.79 Å². The summed E-state index contributed by atoms with van der Waals surface area (Å²) in [6, 6.07) is 9.72. The lowest BCUT2D eigenvalue weighted by atomic mass is 10.0. The number of amides is 1. The van der Waals surface area contributed by atoms with Gasteiger partial charge in [-0.1, -0.05) is 30.7 Å². The summed E-state index contributed by atoms with van der Waals surface area (Å²) in [7, 11) is 0. The highest BCUT2D eigenvalue weighted by Crippen LogP contribution is 2.36. The van der Waals surface area contributed by atoms with E-state index in [4.69, 9.17) is 11.6 Å². The van der Waals surface area contributed by atoms with Crippen LogP contribution in [0.25, 0.3) is 11.0 Å². The highest BCUT2D eigenvalue weighted by molar-refractivity contribution is 6.30. The summed E-state index contributed by atoms with van der Waals surface area (Å²) < 4.78 is 0. The van der Waals surface area contributed by atoms with Gasteiger partial charge in [0.15, 0.2) is 5.65 Å². The number of nitrogens with one attached hydrogen (secondary N) is 1. The molecule has 1 N–H and O–H groups in total. The Morgan fingerprint density at radius 2 is 2.08 bits per heavy atom. The number of H-pyrrole nitrogens is 1. The molecule has 1 aliphatic rings. The number of fused-ring (bicyclic) bond motifs is 1. The highest BCUT2D eigenvalue weighted by Gasteiger charge is 2.34. The van der Waals surface area contributed by atoms with Crippen molar-refractivity contribution in [3.8, 4) is 0 Å². The van der Waals surface area contributed by atoms with Crippen LogP contribution in [0.4, 0.5) is 0 Å². The molecule has 1 unspecified atom stereocenters. The summed E-state index contributed by atoms with van der Waals surface area (Å²) in [4.78, 5) is 19.4. The lowest BCUT2D eigenvalue weighted by molar-refractivity contribution is 0.0732. The number of halogens is 1. The Morgan fingerprint density at radius 1 is 1.32 bits per heavy atom. The molecule has 25 heavy (non-hydrogen) atoms. The number of nitrogens with zero attached hydrogens (tertiary/aromatic N) is 3. The smallest absolute Gasteiger partial charge is 0.255 e. The largest absolute Gasteiger partial charge is 0.331 e. The third-order valence-corrected chi connectivity index (χ3v) is 5.13. The quantitative estimate of drug-likeness (QED) is 0.752. The van der Waals surface area contributed by atoms with Gasteiger partial charge in [-0.25, -0.2) is 4.98 Å². The summed E-state index contributed by atoms with van der Waals surface area (Å²) in [6.45, 7) is 4.83. The number of carbonyl (C=O) groups is 1.